The van der Waals surface area contributed by atoms with Gasteiger partial charge in [-0.1, -0.05) is 12.2 Å². The zero-order valence-corrected chi connectivity index (χ0v) is 12.6. The summed E-state index contributed by atoms with van der Waals surface area (Å²) in [6.45, 7) is 3.78. The number of ether oxygens (including phenoxy) is 1. The van der Waals surface area contributed by atoms with Gasteiger partial charge in [-0.2, -0.15) is 0 Å². The van der Waals surface area contributed by atoms with Gasteiger partial charge in [0.05, 0.1) is 11.8 Å². The second kappa shape index (κ2) is 6.82. The molecule has 98 valence electrons. The first-order valence-corrected chi connectivity index (χ1v) is 6.61. The molecule has 0 aliphatic rings. The maximum absolute atomic E-state index is 11.6. The molecular weight excluding hydrogens is 316 g/mol. The molecule has 0 unspecified atom stereocenters. The average molecular weight is 331 g/mol. The molecule has 0 bridgehead atoms. The minimum absolute atomic E-state index is 0.0242. The first kappa shape index (κ1) is 15.1. The monoisotopic (exact) mass is 330 g/mol. The van der Waals surface area contributed by atoms with E-state index in [-0.39, 0.29) is 18.6 Å². The molecule has 0 fully saturated rings. The fourth-order valence-corrected chi connectivity index (χ4v) is 1.80. The highest BCUT2D eigenvalue weighted by molar-refractivity contribution is 9.10. The number of nitrogens with two attached hydrogens (primary N) is 1. The Balaban J connectivity index is 2.68. The van der Waals surface area contributed by atoms with E-state index in [9.17, 15) is 4.79 Å². The van der Waals surface area contributed by atoms with Gasteiger partial charge in [-0.05, 0) is 48.0 Å². The molecule has 1 amide bonds. The molecule has 0 aliphatic carbocycles. The van der Waals surface area contributed by atoms with Crippen LogP contribution in [-0.2, 0) is 9.53 Å². The number of benzene rings is 1. The molecule has 0 radical (unpaired) electrons. The molecule has 1 aromatic rings. The van der Waals surface area contributed by atoms with Gasteiger partial charge in [-0.3, -0.25) is 4.79 Å². The molecule has 0 saturated carbocycles. The van der Waals surface area contributed by atoms with Crippen molar-refractivity contribution in [2.24, 2.45) is 5.73 Å². The Morgan fingerprint density at radius 1 is 1.56 bits per heavy atom. The number of carbonyl (C=O) groups excluding carboxylic acids is 1. The number of hydrogen-bond acceptors (Lipinski definition) is 3. The summed E-state index contributed by atoms with van der Waals surface area (Å²) in [7, 11) is 0. The quantitative estimate of drug-likeness (QED) is 0.814. The Hall–Kier alpha value is -0.980. The lowest BCUT2D eigenvalue weighted by Gasteiger charge is -2.10. The van der Waals surface area contributed by atoms with E-state index in [0.717, 1.165) is 10.0 Å². The third kappa shape index (κ3) is 4.72. The van der Waals surface area contributed by atoms with Gasteiger partial charge < -0.3 is 15.8 Å². The lowest BCUT2D eigenvalue weighted by molar-refractivity contribution is -0.121. The molecule has 1 aromatic carbocycles. The number of hydrogen-bond donors (Lipinski definition) is 2. The molecule has 1 rings (SSSR count). The second-order valence-corrected chi connectivity index (χ2v) is 5.26. The van der Waals surface area contributed by atoms with E-state index < -0.39 is 0 Å². The summed E-state index contributed by atoms with van der Waals surface area (Å²) in [6.07, 6.45) is 0.0242. The lowest BCUT2D eigenvalue weighted by atomic mass is 10.2. The Labute approximate surface area is 120 Å². The van der Waals surface area contributed by atoms with E-state index in [2.05, 4.69) is 21.2 Å². The van der Waals surface area contributed by atoms with E-state index in [1.54, 1.807) is 18.2 Å². The van der Waals surface area contributed by atoms with Crippen molar-refractivity contribution in [2.45, 2.75) is 20.0 Å². The largest absolute Gasteiger partial charge is 0.389 e. The topological polar surface area (TPSA) is 64.3 Å². The van der Waals surface area contributed by atoms with Crippen LogP contribution in [0.3, 0.4) is 0 Å². The van der Waals surface area contributed by atoms with Crippen molar-refractivity contribution in [1.29, 1.82) is 0 Å². The van der Waals surface area contributed by atoms with E-state index in [1.807, 2.05) is 13.8 Å². The summed E-state index contributed by atoms with van der Waals surface area (Å²) < 4.78 is 5.94. The Bertz CT molecular complexity index is 463. The lowest BCUT2D eigenvalue weighted by Crippen LogP contribution is -2.21. The summed E-state index contributed by atoms with van der Waals surface area (Å²) in [5.41, 5.74) is 6.92. The molecule has 6 heteroatoms. The highest BCUT2D eigenvalue weighted by Crippen LogP contribution is 2.23. The molecule has 0 heterocycles. The highest BCUT2D eigenvalue weighted by atomic mass is 79.9. The minimum atomic E-state index is -0.201. The van der Waals surface area contributed by atoms with Crippen LogP contribution in [0.5, 0.6) is 0 Å². The van der Waals surface area contributed by atoms with E-state index in [1.165, 1.54) is 0 Å². The number of thiocarbonyl (C=S) groups is 1. The Morgan fingerprint density at radius 2 is 2.22 bits per heavy atom. The van der Waals surface area contributed by atoms with Crippen molar-refractivity contribution >= 4 is 44.7 Å². The van der Waals surface area contributed by atoms with Crippen LogP contribution in [0.15, 0.2) is 22.7 Å². The second-order valence-electron chi connectivity index (χ2n) is 3.97. The van der Waals surface area contributed by atoms with E-state index in [0.29, 0.717) is 10.7 Å². The van der Waals surface area contributed by atoms with Crippen LogP contribution in [-0.4, -0.2) is 23.6 Å². The summed E-state index contributed by atoms with van der Waals surface area (Å²) in [4.78, 5) is 11.9. The molecular formula is C12H15BrN2O2S. The summed E-state index contributed by atoms with van der Waals surface area (Å²) in [5, 5.41) is 2.74. The van der Waals surface area contributed by atoms with E-state index >= 15 is 0 Å². The van der Waals surface area contributed by atoms with Gasteiger partial charge >= 0.3 is 0 Å². The third-order valence-electron chi connectivity index (χ3n) is 2.08. The fourth-order valence-electron chi connectivity index (χ4n) is 1.20. The first-order chi connectivity index (χ1) is 8.40. The highest BCUT2D eigenvalue weighted by Gasteiger charge is 2.08. The standard InChI is InChI=1S/C12H15BrN2O2S/c1-7(2)17-6-11(16)15-10-4-3-8(12(14)18)5-9(10)13/h3-5,7H,6H2,1-2H3,(H2,14,18)(H,15,16). The van der Waals surface area contributed by atoms with Crippen LogP contribution in [0.4, 0.5) is 5.69 Å². The normalized spacial score (nSPS) is 10.4. The van der Waals surface area contributed by atoms with Crippen molar-refractivity contribution in [2.75, 3.05) is 11.9 Å². The van der Waals surface area contributed by atoms with E-state index in [4.69, 9.17) is 22.7 Å². The molecule has 0 aliphatic heterocycles. The van der Waals surface area contributed by atoms with Crippen LogP contribution < -0.4 is 11.1 Å². The average Bonchev–Trinajstić information content (AvgIpc) is 2.29. The zero-order valence-electron chi connectivity index (χ0n) is 10.2. The number of nitrogens with one attached hydrogen (secondary N) is 1. The molecule has 0 saturated heterocycles. The van der Waals surface area contributed by atoms with Crippen molar-refractivity contribution < 1.29 is 9.53 Å². The number of anilines is 1. The van der Waals surface area contributed by atoms with Gasteiger partial charge in [-0.25, -0.2) is 0 Å². The van der Waals surface area contributed by atoms with Crippen molar-refractivity contribution in [3.8, 4) is 0 Å². The third-order valence-corrected chi connectivity index (χ3v) is 2.97. The molecule has 0 aromatic heterocycles. The van der Waals surface area contributed by atoms with Gasteiger partial charge in [0.15, 0.2) is 0 Å². The van der Waals surface area contributed by atoms with Crippen LogP contribution >= 0.6 is 28.1 Å². The fraction of sp³-hybridized carbons (Fsp3) is 0.333. The predicted molar refractivity (Wildman–Crippen MR) is 79.7 cm³/mol. The van der Waals surface area contributed by atoms with Crippen LogP contribution in [0.1, 0.15) is 19.4 Å². The van der Waals surface area contributed by atoms with Gasteiger partial charge in [0, 0.05) is 10.0 Å². The summed E-state index contributed by atoms with van der Waals surface area (Å²) in [5.74, 6) is -0.201. The zero-order chi connectivity index (χ0) is 13.7. The summed E-state index contributed by atoms with van der Waals surface area (Å²) in [6, 6.07) is 5.26. The van der Waals surface area contributed by atoms with Gasteiger partial charge in [0.2, 0.25) is 5.91 Å². The van der Waals surface area contributed by atoms with Crippen molar-refractivity contribution in [3.63, 3.8) is 0 Å². The maximum Gasteiger partial charge on any atom is 0.250 e. The maximum atomic E-state index is 11.6. The van der Waals surface area contributed by atoms with Crippen LogP contribution in [0.2, 0.25) is 0 Å². The van der Waals surface area contributed by atoms with Gasteiger partial charge in [0.25, 0.3) is 0 Å². The smallest absolute Gasteiger partial charge is 0.250 e. The van der Waals surface area contributed by atoms with Crippen molar-refractivity contribution in [1.82, 2.24) is 0 Å². The SMILES string of the molecule is CC(C)OCC(=O)Nc1ccc(C(N)=S)cc1Br. The predicted octanol–water partition coefficient (Wildman–Crippen LogP) is 2.45. The first-order valence-electron chi connectivity index (χ1n) is 5.41. The number of carbonyl (C=O) groups is 1. The molecule has 4 nitrogen and oxygen atoms in total. The number of halogens is 1. The Kier molecular flexibility index (Phi) is 5.71. The molecule has 3 N–H and O–H groups in total. The number of amides is 1. The molecule has 0 atom stereocenters. The van der Waals surface area contributed by atoms with Crippen LogP contribution in [0, 0.1) is 0 Å². The minimum Gasteiger partial charge on any atom is -0.389 e. The van der Waals surface area contributed by atoms with Crippen LogP contribution in [0.25, 0.3) is 0 Å². The summed E-state index contributed by atoms with van der Waals surface area (Å²) >= 11 is 8.23. The Morgan fingerprint density at radius 3 is 2.72 bits per heavy atom. The molecule has 18 heavy (non-hydrogen) atoms. The van der Waals surface area contributed by atoms with Crippen molar-refractivity contribution in [3.05, 3.63) is 28.2 Å². The van der Waals surface area contributed by atoms with Gasteiger partial charge in [0.1, 0.15) is 11.6 Å². The van der Waals surface area contributed by atoms with Gasteiger partial charge in [-0.15, -0.1) is 0 Å². The number of rotatable bonds is 5. The molecule has 0 spiro atoms.